The predicted octanol–water partition coefficient (Wildman–Crippen LogP) is 0.414. The summed E-state index contributed by atoms with van der Waals surface area (Å²) in [6, 6.07) is 0. The van der Waals surface area contributed by atoms with Crippen LogP contribution < -0.4 is 5.32 Å². The Hall–Kier alpha value is -0.160. The molecule has 1 aliphatic rings. The minimum Gasteiger partial charge on any atom is -0.632 e. The van der Waals surface area contributed by atoms with Crippen LogP contribution in [0.4, 0.5) is 0 Å². The van der Waals surface area contributed by atoms with Crippen LogP contribution in [0.2, 0.25) is 0 Å². The summed E-state index contributed by atoms with van der Waals surface area (Å²) < 4.78 is -0.0564. The highest BCUT2D eigenvalue weighted by Crippen LogP contribution is 2.10. The number of hydroxylamine groups is 3. The summed E-state index contributed by atoms with van der Waals surface area (Å²) in [4.78, 5) is 0. The molecule has 1 unspecified atom stereocenters. The van der Waals surface area contributed by atoms with Crippen molar-refractivity contribution >= 4 is 0 Å². The van der Waals surface area contributed by atoms with Crippen LogP contribution in [0, 0.1) is 5.21 Å². The third-order valence-electron chi connectivity index (χ3n) is 2.57. The van der Waals surface area contributed by atoms with Crippen molar-refractivity contribution in [1.29, 1.82) is 0 Å². The molecular formula is C9H20N2O2. The van der Waals surface area contributed by atoms with Crippen LogP contribution in [-0.4, -0.2) is 42.7 Å². The van der Waals surface area contributed by atoms with E-state index in [0.717, 1.165) is 45.3 Å². The van der Waals surface area contributed by atoms with Gasteiger partial charge in [0.2, 0.25) is 0 Å². The van der Waals surface area contributed by atoms with E-state index in [-0.39, 0.29) is 11.3 Å². The maximum atomic E-state index is 11.8. The van der Waals surface area contributed by atoms with E-state index < -0.39 is 0 Å². The Morgan fingerprint density at radius 2 is 2.00 bits per heavy atom. The second-order valence-electron chi connectivity index (χ2n) is 3.80. The number of nitrogens with one attached hydrogen (secondary N) is 1. The fraction of sp³-hybridized carbons (Fsp3) is 1.00. The molecule has 0 aromatic rings. The van der Waals surface area contributed by atoms with Crippen molar-refractivity contribution in [2.75, 3.05) is 32.9 Å². The van der Waals surface area contributed by atoms with Gasteiger partial charge in [0, 0.05) is 6.61 Å². The van der Waals surface area contributed by atoms with Gasteiger partial charge in [-0.05, 0) is 19.3 Å². The topological polar surface area (TPSA) is 55.3 Å². The lowest BCUT2D eigenvalue weighted by atomic mass is 10.2. The average molecular weight is 188 g/mol. The van der Waals surface area contributed by atoms with Gasteiger partial charge in [0.05, 0.1) is 19.6 Å². The molecular weight excluding hydrogens is 168 g/mol. The van der Waals surface area contributed by atoms with Crippen molar-refractivity contribution in [2.24, 2.45) is 0 Å². The lowest BCUT2D eigenvalue weighted by Crippen LogP contribution is -2.41. The molecule has 0 saturated carbocycles. The molecule has 78 valence electrons. The van der Waals surface area contributed by atoms with Gasteiger partial charge in [0.25, 0.3) is 0 Å². The van der Waals surface area contributed by atoms with Gasteiger partial charge < -0.3 is 15.0 Å². The van der Waals surface area contributed by atoms with E-state index in [1.807, 2.05) is 0 Å². The Morgan fingerprint density at radius 3 is 2.62 bits per heavy atom. The van der Waals surface area contributed by atoms with E-state index >= 15 is 0 Å². The van der Waals surface area contributed by atoms with Crippen LogP contribution in [-0.2, 0) is 0 Å². The van der Waals surface area contributed by atoms with Crippen molar-refractivity contribution in [1.82, 2.24) is 5.32 Å². The van der Waals surface area contributed by atoms with E-state index in [0.29, 0.717) is 6.67 Å². The lowest BCUT2D eigenvalue weighted by Gasteiger charge is -2.37. The Kier molecular flexibility index (Phi) is 4.66. The molecule has 4 heteroatoms. The minimum atomic E-state index is -0.0564. The van der Waals surface area contributed by atoms with Crippen LogP contribution in [0.15, 0.2) is 0 Å². The van der Waals surface area contributed by atoms with Gasteiger partial charge in [0.1, 0.15) is 6.67 Å². The van der Waals surface area contributed by atoms with Crippen molar-refractivity contribution < 1.29 is 9.75 Å². The molecule has 0 spiro atoms. The zero-order valence-electron chi connectivity index (χ0n) is 8.17. The zero-order valence-corrected chi connectivity index (χ0v) is 8.17. The van der Waals surface area contributed by atoms with Gasteiger partial charge in [-0.1, -0.05) is 6.42 Å². The van der Waals surface area contributed by atoms with E-state index in [1.54, 1.807) is 0 Å². The summed E-state index contributed by atoms with van der Waals surface area (Å²) >= 11 is 0. The van der Waals surface area contributed by atoms with E-state index in [4.69, 9.17) is 5.11 Å². The third-order valence-corrected chi connectivity index (χ3v) is 2.57. The van der Waals surface area contributed by atoms with Crippen molar-refractivity contribution in [3.63, 3.8) is 0 Å². The largest absolute Gasteiger partial charge is 0.632 e. The van der Waals surface area contributed by atoms with Crippen LogP contribution >= 0.6 is 0 Å². The first-order valence-electron chi connectivity index (χ1n) is 5.15. The Bertz CT molecular complexity index is 136. The normalized spacial score (nSPS) is 28.2. The standard InChI is InChI=1S/C9H20N2O2/c12-8-4-2-1-3-6-11(13)7-5-10-9-11/h10,12H,1-9H2. The van der Waals surface area contributed by atoms with Gasteiger partial charge in [-0.2, -0.15) is 0 Å². The Balaban J connectivity index is 1.98. The van der Waals surface area contributed by atoms with E-state index in [2.05, 4.69) is 5.32 Å². The van der Waals surface area contributed by atoms with Gasteiger partial charge in [0.15, 0.2) is 0 Å². The molecule has 13 heavy (non-hydrogen) atoms. The van der Waals surface area contributed by atoms with Gasteiger partial charge in [-0.25, -0.2) is 0 Å². The van der Waals surface area contributed by atoms with Crippen molar-refractivity contribution in [3.8, 4) is 0 Å². The summed E-state index contributed by atoms with van der Waals surface area (Å²) in [5.74, 6) is 0. The number of hydrogen-bond acceptors (Lipinski definition) is 3. The molecule has 4 nitrogen and oxygen atoms in total. The first kappa shape index (κ1) is 10.9. The maximum Gasteiger partial charge on any atom is 0.132 e. The number of aliphatic hydroxyl groups is 1. The third kappa shape index (κ3) is 4.04. The smallest absolute Gasteiger partial charge is 0.132 e. The number of aliphatic hydroxyl groups excluding tert-OH is 1. The molecule has 1 rings (SSSR count). The van der Waals surface area contributed by atoms with Crippen LogP contribution in [0.25, 0.3) is 0 Å². The van der Waals surface area contributed by atoms with Gasteiger partial charge in [-0.15, -0.1) is 0 Å². The molecule has 1 aliphatic heterocycles. The first-order chi connectivity index (χ1) is 6.27. The first-order valence-corrected chi connectivity index (χ1v) is 5.15. The SMILES string of the molecule is [O-][N+]1(CCCCCCO)CCNC1. The maximum absolute atomic E-state index is 11.8. The summed E-state index contributed by atoms with van der Waals surface area (Å²) in [6.07, 6.45) is 3.98. The quantitative estimate of drug-likeness (QED) is 0.361. The molecule has 2 N–H and O–H groups in total. The molecule has 0 amide bonds. The molecule has 0 bridgehead atoms. The summed E-state index contributed by atoms with van der Waals surface area (Å²) in [5.41, 5.74) is 0. The second kappa shape index (κ2) is 5.54. The molecule has 0 aromatic carbocycles. The Labute approximate surface area is 79.7 Å². The number of unbranched alkanes of at least 4 members (excludes halogenated alkanes) is 3. The number of rotatable bonds is 6. The molecule has 1 atom stereocenters. The van der Waals surface area contributed by atoms with Crippen LogP contribution in [0.1, 0.15) is 25.7 Å². The van der Waals surface area contributed by atoms with Crippen LogP contribution in [0.5, 0.6) is 0 Å². The molecule has 1 saturated heterocycles. The van der Waals surface area contributed by atoms with Crippen molar-refractivity contribution in [3.05, 3.63) is 5.21 Å². The van der Waals surface area contributed by atoms with Crippen molar-refractivity contribution in [2.45, 2.75) is 25.7 Å². The monoisotopic (exact) mass is 188 g/mol. The summed E-state index contributed by atoms with van der Waals surface area (Å²) in [7, 11) is 0. The predicted molar refractivity (Wildman–Crippen MR) is 51.8 cm³/mol. The molecule has 0 aliphatic carbocycles. The number of quaternary nitrogens is 1. The highest BCUT2D eigenvalue weighted by atomic mass is 16.5. The fourth-order valence-corrected chi connectivity index (χ4v) is 1.70. The molecule has 0 radical (unpaired) electrons. The highest BCUT2D eigenvalue weighted by molar-refractivity contribution is 4.55. The highest BCUT2D eigenvalue weighted by Gasteiger charge is 2.20. The summed E-state index contributed by atoms with van der Waals surface area (Å²) in [6.45, 7) is 3.18. The fourth-order valence-electron chi connectivity index (χ4n) is 1.70. The van der Waals surface area contributed by atoms with E-state index in [1.165, 1.54) is 0 Å². The molecule has 1 heterocycles. The summed E-state index contributed by atoms with van der Waals surface area (Å²) in [5, 5.41) is 23.4. The molecule has 0 aromatic heterocycles. The van der Waals surface area contributed by atoms with Gasteiger partial charge in [-0.3, -0.25) is 5.32 Å². The molecule has 1 fully saturated rings. The van der Waals surface area contributed by atoms with Crippen LogP contribution in [0.3, 0.4) is 0 Å². The number of nitrogens with zero attached hydrogens (tertiary/aromatic N) is 1. The van der Waals surface area contributed by atoms with E-state index in [9.17, 15) is 5.21 Å². The second-order valence-corrected chi connectivity index (χ2v) is 3.80. The minimum absolute atomic E-state index is 0.0564. The zero-order chi connectivity index (χ0) is 9.57. The Morgan fingerprint density at radius 1 is 1.23 bits per heavy atom. The lowest BCUT2D eigenvalue weighted by molar-refractivity contribution is -0.869. The average Bonchev–Trinajstić information content (AvgIpc) is 2.53. The van der Waals surface area contributed by atoms with Gasteiger partial charge >= 0.3 is 0 Å². The number of hydrogen-bond donors (Lipinski definition) is 2.